The van der Waals surface area contributed by atoms with Gasteiger partial charge < -0.3 is 9.47 Å². The van der Waals surface area contributed by atoms with Crippen LogP contribution in [0.15, 0.2) is 48.5 Å². The van der Waals surface area contributed by atoms with Crippen molar-refractivity contribution in [3.63, 3.8) is 0 Å². The molecule has 0 spiro atoms. The van der Waals surface area contributed by atoms with Gasteiger partial charge in [0.15, 0.2) is 5.78 Å². The molecule has 0 saturated carbocycles. The van der Waals surface area contributed by atoms with Crippen LogP contribution in [0.1, 0.15) is 22.8 Å². The molecule has 100 valence electrons. The summed E-state index contributed by atoms with van der Waals surface area (Å²) in [6.07, 6.45) is -0.278. The van der Waals surface area contributed by atoms with Gasteiger partial charge in [-0.3, -0.25) is 4.79 Å². The van der Waals surface area contributed by atoms with Crippen molar-refractivity contribution >= 4 is 5.78 Å². The normalized spacial score (nSPS) is 26.6. The number of para-hydroxylation sites is 2. The van der Waals surface area contributed by atoms with Crippen molar-refractivity contribution in [2.75, 3.05) is 6.61 Å². The Kier molecular flexibility index (Phi) is 2.22. The summed E-state index contributed by atoms with van der Waals surface area (Å²) in [5.74, 6) is 1.55. The van der Waals surface area contributed by atoms with Crippen LogP contribution in [0.5, 0.6) is 11.5 Å². The van der Waals surface area contributed by atoms with E-state index >= 15 is 0 Å². The van der Waals surface area contributed by atoms with Crippen LogP contribution in [-0.4, -0.2) is 18.5 Å². The Morgan fingerprint density at radius 2 is 1.75 bits per heavy atom. The van der Waals surface area contributed by atoms with Crippen molar-refractivity contribution < 1.29 is 14.3 Å². The third kappa shape index (κ3) is 1.32. The van der Waals surface area contributed by atoms with E-state index in [0.29, 0.717) is 17.9 Å². The van der Waals surface area contributed by atoms with Gasteiger partial charge in [0.1, 0.15) is 24.2 Å². The molecule has 3 heteroatoms. The highest BCUT2D eigenvalue weighted by molar-refractivity contribution is 6.07. The lowest BCUT2D eigenvalue weighted by Gasteiger charge is -2.44. The van der Waals surface area contributed by atoms with E-state index in [0.717, 1.165) is 11.3 Å². The second kappa shape index (κ2) is 3.85. The number of rotatable bonds is 0. The number of hydrogen-bond acceptors (Lipinski definition) is 3. The number of fused-ring (bicyclic) bond motifs is 4. The van der Waals surface area contributed by atoms with Crippen LogP contribution in [0.2, 0.25) is 0 Å². The molecule has 0 N–H and O–H groups in total. The van der Waals surface area contributed by atoms with Crippen LogP contribution in [-0.2, 0) is 5.41 Å². The van der Waals surface area contributed by atoms with Crippen LogP contribution in [0, 0.1) is 0 Å². The maximum Gasteiger partial charge on any atom is 0.180 e. The van der Waals surface area contributed by atoms with Crippen molar-refractivity contribution in [1.82, 2.24) is 0 Å². The van der Waals surface area contributed by atoms with Gasteiger partial charge in [0.2, 0.25) is 0 Å². The number of benzene rings is 2. The Hall–Kier alpha value is -2.29. The van der Waals surface area contributed by atoms with Crippen LogP contribution in [0.25, 0.3) is 0 Å². The second-order valence-corrected chi connectivity index (χ2v) is 5.44. The predicted molar refractivity (Wildman–Crippen MR) is 74.5 cm³/mol. The topological polar surface area (TPSA) is 35.5 Å². The summed E-state index contributed by atoms with van der Waals surface area (Å²) in [7, 11) is 0. The van der Waals surface area contributed by atoms with Crippen molar-refractivity contribution in [1.29, 1.82) is 0 Å². The summed E-state index contributed by atoms with van der Waals surface area (Å²) in [6.45, 7) is 2.35. The van der Waals surface area contributed by atoms with E-state index in [1.807, 2.05) is 55.5 Å². The molecule has 0 radical (unpaired) electrons. The van der Waals surface area contributed by atoms with Crippen LogP contribution >= 0.6 is 0 Å². The summed E-state index contributed by atoms with van der Waals surface area (Å²) in [5, 5.41) is 0. The Morgan fingerprint density at radius 1 is 1.05 bits per heavy atom. The number of ketones is 1. The third-order valence-electron chi connectivity index (χ3n) is 4.35. The summed E-state index contributed by atoms with van der Waals surface area (Å²) in [5.41, 5.74) is 0.891. The highest BCUT2D eigenvalue weighted by Gasteiger charge is 2.52. The fraction of sp³-hybridized carbons (Fsp3) is 0.235. The van der Waals surface area contributed by atoms with Crippen LogP contribution < -0.4 is 9.47 Å². The van der Waals surface area contributed by atoms with E-state index in [4.69, 9.17) is 9.47 Å². The molecule has 0 aliphatic carbocycles. The van der Waals surface area contributed by atoms with Gasteiger partial charge >= 0.3 is 0 Å². The van der Waals surface area contributed by atoms with Crippen molar-refractivity contribution in [3.05, 3.63) is 59.7 Å². The number of carbonyl (C=O) groups excluding carboxylic acids is 1. The van der Waals surface area contributed by atoms with E-state index in [-0.39, 0.29) is 11.9 Å². The van der Waals surface area contributed by atoms with Gasteiger partial charge in [0.05, 0.1) is 11.0 Å². The molecule has 20 heavy (non-hydrogen) atoms. The van der Waals surface area contributed by atoms with Crippen molar-refractivity contribution in [2.45, 2.75) is 18.4 Å². The lowest BCUT2D eigenvalue weighted by atomic mass is 9.69. The first-order chi connectivity index (χ1) is 9.71. The minimum absolute atomic E-state index is 0.111. The predicted octanol–water partition coefficient (Wildman–Crippen LogP) is 2.98. The molecule has 4 rings (SSSR count). The number of Topliss-reactive ketones (excluding diaryl/α,β-unsaturated/α-hetero) is 1. The Bertz CT molecular complexity index is 707. The van der Waals surface area contributed by atoms with Crippen LogP contribution in [0.4, 0.5) is 0 Å². The molecule has 3 nitrogen and oxygen atoms in total. The van der Waals surface area contributed by atoms with E-state index in [1.165, 1.54) is 0 Å². The minimum atomic E-state index is -0.677. The molecule has 2 heterocycles. The number of carbonyl (C=O) groups is 1. The van der Waals surface area contributed by atoms with Gasteiger partial charge in [-0.25, -0.2) is 0 Å². The maximum absolute atomic E-state index is 13.0. The smallest absolute Gasteiger partial charge is 0.180 e. The Labute approximate surface area is 117 Å². The van der Waals surface area contributed by atoms with E-state index in [1.54, 1.807) is 0 Å². The van der Waals surface area contributed by atoms with E-state index in [2.05, 4.69) is 0 Å². The van der Waals surface area contributed by atoms with Gasteiger partial charge in [0.25, 0.3) is 0 Å². The quantitative estimate of drug-likeness (QED) is 0.735. The zero-order chi connectivity index (χ0) is 13.7. The SMILES string of the molecule is CC12C(=O)c3ccccc3OC1COc1ccccc12. The number of hydrogen-bond donors (Lipinski definition) is 0. The molecule has 2 unspecified atom stereocenters. The number of ether oxygens (including phenoxy) is 2. The molecule has 0 fully saturated rings. The standard InChI is InChI=1S/C17H14O3/c1-17-12-7-3-5-9-14(12)19-10-15(17)20-13-8-4-2-6-11(13)16(17)18/h2-9,15H,10H2,1H3. The zero-order valence-corrected chi connectivity index (χ0v) is 11.1. The van der Waals surface area contributed by atoms with Crippen molar-refractivity contribution in [3.8, 4) is 11.5 Å². The molecule has 0 bridgehead atoms. The second-order valence-electron chi connectivity index (χ2n) is 5.44. The van der Waals surface area contributed by atoms with Gasteiger partial charge in [-0.1, -0.05) is 30.3 Å². The molecule has 0 aromatic heterocycles. The molecular formula is C17H14O3. The van der Waals surface area contributed by atoms with Gasteiger partial charge in [-0.05, 0) is 25.1 Å². The molecular weight excluding hydrogens is 252 g/mol. The maximum atomic E-state index is 13.0. The lowest BCUT2D eigenvalue weighted by molar-refractivity contribution is 0.0275. The Morgan fingerprint density at radius 3 is 2.60 bits per heavy atom. The third-order valence-corrected chi connectivity index (χ3v) is 4.35. The van der Waals surface area contributed by atoms with Crippen LogP contribution in [0.3, 0.4) is 0 Å². The lowest BCUT2D eigenvalue weighted by Crippen LogP contribution is -2.55. The van der Waals surface area contributed by atoms with Gasteiger partial charge in [-0.15, -0.1) is 0 Å². The minimum Gasteiger partial charge on any atom is -0.489 e. The largest absolute Gasteiger partial charge is 0.489 e. The Balaban J connectivity index is 1.95. The summed E-state index contributed by atoms with van der Waals surface area (Å²) in [4.78, 5) is 13.0. The van der Waals surface area contributed by atoms with Crippen molar-refractivity contribution in [2.24, 2.45) is 0 Å². The average Bonchev–Trinajstić information content (AvgIpc) is 2.49. The highest BCUT2D eigenvalue weighted by Crippen LogP contribution is 2.46. The van der Waals surface area contributed by atoms with Gasteiger partial charge in [-0.2, -0.15) is 0 Å². The molecule has 2 aliphatic heterocycles. The first kappa shape index (κ1) is 11.5. The first-order valence-corrected chi connectivity index (χ1v) is 6.74. The fourth-order valence-electron chi connectivity index (χ4n) is 3.14. The average molecular weight is 266 g/mol. The van der Waals surface area contributed by atoms with E-state index < -0.39 is 5.41 Å². The summed E-state index contributed by atoms with van der Waals surface area (Å²) >= 11 is 0. The molecule has 0 amide bonds. The molecule has 2 aromatic rings. The molecule has 0 saturated heterocycles. The monoisotopic (exact) mass is 266 g/mol. The molecule has 2 aromatic carbocycles. The molecule has 2 aliphatic rings. The van der Waals surface area contributed by atoms with E-state index in [9.17, 15) is 4.79 Å². The summed E-state index contributed by atoms with van der Waals surface area (Å²) < 4.78 is 11.8. The molecule has 2 atom stereocenters. The highest BCUT2D eigenvalue weighted by atomic mass is 16.5. The zero-order valence-electron chi connectivity index (χ0n) is 11.1. The fourth-order valence-corrected chi connectivity index (χ4v) is 3.14. The van der Waals surface area contributed by atoms with Gasteiger partial charge in [0, 0.05) is 5.56 Å². The first-order valence-electron chi connectivity index (χ1n) is 6.74. The summed E-state index contributed by atoms with van der Waals surface area (Å²) in [6, 6.07) is 15.1.